The van der Waals surface area contributed by atoms with Gasteiger partial charge in [-0.3, -0.25) is 14.6 Å². The van der Waals surface area contributed by atoms with E-state index in [4.69, 9.17) is 4.74 Å². The Labute approximate surface area is 161 Å². The van der Waals surface area contributed by atoms with Gasteiger partial charge in [-0.2, -0.15) is 0 Å². The fraction of sp³-hybridized carbons (Fsp3) is 0.300. The minimum absolute atomic E-state index is 0.0748. The lowest BCUT2D eigenvalue weighted by Crippen LogP contribution is -2.29. The number of H-pyrrole nitrogens is 1. The van der Waals surface area contributed by atoms with Crippen molar-refractivity contribution in [2.24, 2.45) is 0 Å². The normalized spacial score (nSPS) is 11.9. The Bertz CT molecular complexity index is 997. The first kappa shape index (κ1) is 19.3. The van der Waals surface area contributed by atoms with Crippen molar-refractivity contribution in [1.29, 1.82) is 0 Å². The minimum atomic E-state index is -0.660. The number of carbonyl (C=O) groups excluding carboxylic acids is 1. The van der Waals surface area contributed by atoms with Gasteiger partial charge in [0, 0.05) is 48.9 Å². The van der Waals surface area contributed by atoms with Crippen LogP contribution in [0.2, 0.25) is 0 Å². The van der Waals surface area contributed by atoms with Gasteiger partial charge in [-0.15, -0.1) is 0 Å². The number of nitrogens with zero attached hydrogens (tertiary/aromatic N) is 3. The molecule has 3 heterocycles. The lowest BCUT2D eigenvalue weighted by atomic mass is 9.89. The van der Waals surface area contributed by atoms with Crippen LogP contribution in [-0.4, -0.2) is 37.7 Å². The summed E-state index contributed by atoms with van der Waals surface area (Å²) in [6.07, 6.45) is 6.99. The number of imidazole rings is 1. The van der Waals surface area contributed by atoms with E-state index in [9.17, 15) is 14.7 Å². The summed E-state index contributed by atoms with van der Waals surface area (Å²) in [5.74, 6) is -1.28. The number of pyridine rings is 2. The molecule has 0 saturated heterocycles. The quantitative estimate of drug-likeness (QED) is 0.604. The number of rotatable bonds is 7. The fourth-order valence-corrected chi connectivity index (χ4v) is 3.25. The van der Waals surface area contributed by atoms with Gasteiger partial charge < -0.3 is 19.4 Å². The van der Waals surface area contributed by atoms with Gasteiger partial charge in [0.1, 0.15) is 5.75 Å². The Balaban J connectivity index is 2.05. The molecule has 0 aliphatic carbocycles. The zero-order chi connectivity index (χ0) is 20.1. The Morgan fingerprint density at radius 2 is 2.18 bits per heavy atom. The third-order valence-electron chi connectivity index (χ3n) is 4.72. The van der Waals surface area contributed by atoms with Crippen molar-refractivity contribution in [1.82, 2.24) is 19.5 Å². The molecule has 1 atom stereocenters. The smallest absolute Gasteiger partial charge is 0.306 e. The molecule has 3 aromatic rings. The Hall–Kier alpha value is -3.42. The van der Waals surface area contributed by atoms with E-state index in [0.717, 1.165) is 5.69 Å². The van der Waals surface area contributed by atoms with Gasteiger partial charge >= 0.3 is 5.97 Å². The Morgan fingerprint density at radius 3 is 2.82 bits per heavy atom. The van der Waals surface area contributed by atoms with Crippen molar-refractivity contribution in [3.63, 3.8) is 0 Å². The maximum atomic E-state index is 13.3. The van der Waals surface area contributed by atoms with Gasteiger partial charge in [0.05, 0.1) is 25.4 Å². The van der Waals surface area contributed by atoms with E-state index in [-0.39, 0.29) is 23.3 Å². The first-order valence-electron chi connectivity index (χ1n) is 8.88. The maximum Gasteiger partial charge on any atom is 0.306 e. The van der Waals surface area contributed by atoms with Crippen LogP contribution in [0.15, 0.2) is 47.9 Å². The lowest BCUT2D eigenvalue weighted by Gasteiger charge is -2.20. The van der Waals surface area contributed by atoms with E-state index >= 15 is 0 Å². The summed E-state index contributed by atoms with van der Waals surface area (Å²) in [6, 6.07) is 5.04. The van der Waals surface area contributed by atoms with Crippen molar-refractivity contribution in [2.75, 3.05) is 7.11 Å². The highest BCUT2D eigenvalue weighted by molar-refractivity contribution is 5.71. The molecule has 1 unspecified atom stereocenters. The third-order valence-corrected chi connectivity index (χ3v) is 4.72. The van der Waals surface area contributed by atoms with Gasteiger partial charge in [-0.1, -0.05) is 6.07 Å². The summed E-state index contributed by atoms with van der Waals surface area (Å²) in [6.45, 7) is 2.18. The second-order valence-electron chi connectivity index (χ2n) is 6.49. The average Bonchev–Trinajstić information content (AvgIpc) is 3.20. The molecule has 8 nitrogen and oxygen atoms in total. The van der Waals surface area contributed by atoms with Crippen LogP contribution in [0.5, 0.6) is 5.75 Å². The lowest BCUT2D eigenvalue weighted by molar-refractivity contribution is -0.140. The van der Waals surface area contributed by atoms with E-state index in [1.807, 2.05) is 0 Å². The molecule has 0 spiro atoms. The molecule has 2 N–H and O–H groups in total. The predicted octanol–water partition coefficient (Wildman–Crippen LogP) is 1.92. The van der Waals surface area contributed by atoms with E-state index in [1.165, 1.54) is 7.11 Å². The molecule has 3 aromatic heterocycles. The molecule has 0 aliphatic rings. The number of aromatic amines is 1. The summed E-state index contributed by atoms with van der Waals surface area (Å²) in [4.78, 5) is 36.3. The van der Waals surface area contributed by atoms with Gasteiger partial charge in [-0.05, 0) is 24.6 Å². The SMILES string of the molecule is COC(=O)CC(c1cccnc1)c1c(O)cc(C)n(CCc2cnc[nH]2)c1=O. The fourth-order valence-electron chi connectivity index (χ4n) is 3.25. The molecule has 0 bridgehead atoms. The predicted molar refractivity (Wildman–Crippen MR) is 102 cm³/mol. The molecular weight excluding hydrogens is 360 g/mol. The van der Waals surface area contributed by atoms with Crippen LogP contribution in [-0.2, 0) is 22.5 Å². The van der Waals surface area contributed by atoms with E-state index < -0.39 is 11.9 Å². The number of methoxy groups -OCH3 is 1. The molecule has 0 aromatic carbocycles. The highest BCUT2D eigenvalue weighted by Gasteiger charge is 2.26. The number of aryl methyl sites for hydroxylation is 2. The number of hydrogen-bond donors (Lipinski definition) is 2. The molecule has 146 valence electrons. The summed E-state index contributed by atoms with van der Waals surface area (Å²) >= 11 is 0. The number of aromatic hydroxyl groups is 1. The number of carbonyl (C=O) groups is 1. The van der Waals surface area contributed by atoms with Crippen LogP contribution in [0.25, 0.3) is 0 Å². The Kier molecular flexibility index (Phi) is 5.88. The number of ether oxygens (including phenoxy) is 1. The molecular formula is C20H22N4O4. The number of nitrogens with one attached hydrogen (secondary N) is 1. The van der Waals surface area contributed by atoms with E-state index in [0.29, 0.717) is 24.2 Å². The molecule has 28 heavy (non-hydrogen) atoms. The van der Waals surface area contributed by atoms with Crippen molar-refractivity contribution < 1.29 is 14.6 Å². The minimum Gasteiger partial charge on any atom is -0.507 e. The molecule has 0 radical (unpaired) electrons. The summed E-state index contributed by atoms with van der Waals surface area (Å²) in [5.41, 5.74) is 2.01. The molecule has 0 amide bonds. The molecule has 0 aliphatic heterocycles. The van der Waals surface area contributed by atoms with Gasteiger partial charge in [-0.25, -0.2) is 4.98 Å². The second kappa shape index (κ2) is 8.51. The monoisotopic (exact) mass is 382 g/mol. The van der Waals surface area contributed by atoms with Crippen molar-refractivity contribution >= 4 is 5.97 Å². The largest absolute Gasteiger partial charge is 0.507 e. The third kappa shape index (κ3) is 4.11. The average molecular weight is 382 g/mol. The number of hydrogen-bond acceptors (Lipinski definition) is 6. The number of aromatic nitrogens is 4. The first-order valence-corrected chi connectivity index (χ1v) is 8.88. The first-order chi connectivity index (χ1) is 13.5. The standard InChI is InChI=1S/C20H22N4O4/c1-13-8-17(25)19(20(27)24(13)7-5-15-11-22-12-23-15)16(9-18(26)28-2)14-4-3-6-21-10-14/h3-4,6,8,10-12,16,25H,5,7,9H2,1-2H3,(H,22,23). The van der Waals surface area contributed by atoms with E-state index in [2.05, 4.69) is 15.0 Å². The van der Waals surface area contributed by atoms with Crippen LogP contribution in [0.4, 0.5) is 0 Å². The van der Waals surface area contributed by atoms with Crippen LogP contribution in [0, 0.1) is 6.92 Å². The van der Waals surface area contributed by atoms with Crippen molar-refractivity contribution in [2.45, 2.75) is 32.2 Å². The highest BCUT2D eigenvalue weighted by Crippen LogP contribution is 2.32. The van der Waals surface area contributed by atoms with Crippen LogP contribution < -0.4 is 5.56 Å². The molecule has 0 saturated carbocycles. The molecule has 8 heteroatoms. The van der Waals surface area contributed by atoms with Crippen LogP contribution >= 0.6 is 0 Å². The van der Waals surface area contributed by atoms with Gasteiger partial charge in [0.25, 0.3) is 5.56 Å². The second-order valence-corrected chi connectivity index (χ2v) is 6.49. The zero-order valence-electron chi connectivity index (χ0n) is 15.8. The number of esters is 1. The van der Waals surface area contributed by atoms with Crippen molar-refractivity contribution in [3.05, 3.63) is 76.0 Å². The summed E-state index contributed by atoms with van der Waals surface area (Å²) < 4.78 is 6.39. The molecule has 0 fully saturated rings. The maximum absolute atomic E-state index is 13.3. The highest BCUT2D eigenvalue weighted by atomic mass is 16.5. The van der Waals surface area contributed by atoms with E-state index in [1.54, 1.807) is 54.6 Å². The van der Waals surface area contributed by atoms with Gasteiger partial charge in [0.2, 0.25) is 0 Å². The summed E-state index contributed by atoms with van der Waals surface area (Å²) in [7, 11) is 1.29. The Morgan fingerprint density at radius 1 is 1.36 bits per heavy atom. The van der Waals surface area contributed by atoms with Crippen LogP contribution in [0.1, 0.15) is 34.9 Å². The van der Waals surface area contributed by atoms with Crippen LogP contribution in [0.3, 0.4) is 0 Å². The zero-order valence-corrected chi connectivity index (χ0v) is 15.8. The topological polar surface area (TPSA) is 110 Å². The van der Waals surface area contributed by atoms with Gasteiger partial charge in [0.15, 0.2) is 0 Å². The molecule has 3 rings (SSSR count). The van der Waals surface area contributed by atoms with Crippen molar-refractivity contribution in [3.8, 4) is 5.75 Å². The summed E-state index contributed by atoms with van der Waals surface area (Å²) in [5, 5.41) is 10.6.